The first-order valence-electron chi connectivity index (χ1n) is 8.14. The first kappa shape index (κ1) is 17.0. The second-order valence-electron chi connectivity index (χ2n) is 5.94. The fraction of sp³-hybridized carbons (Fsp3) is 0.316. The van der Waals surface area contributed by atoms with Crippen molar-refractivity contribution >= 4 is 28.6 Å². The Morgan fingerprint density at radius 3 is 2.72 bits per heavy atom. The third-order valence-electron chi connectivity index (χ3n) is 4.37. The number of hydrogen-bond donors (Lipinski definition) is 1. The Hall–Kier alpha value is -2.89. The van der Waals surface area contributed by atoms with E-state index >= 15 is 0 Å². The molecule has 0 aromatic heterocycles. The summed E-state index contributed by atoms with van der Waals surface area (Å²) in [5.74, 6) is -1.26. The number of ether oxygens (including phenoxy) is 2. The average molecular weight is 341 g/mol. The third-order valence-corrected chi connectivity index (χ3v) is 4.37. The lowest BCUT2D eigenvalue weighted by Crippen LogP contribution is -2.30. The van der Waals surface area contributed by atoms with Gasteiger partial charge in [0.2, 0.25) is 5.91 Å². The van der Waals surface area contributed by atoms with Crippen molar-refractivity contribution in [3.63, 3.8) is 0 Å². The van der Waals surface area contributed by atoms with E-state index in [0.717, 1.165) is 22.1 Å². The van der Waals surface area contributed by atoms with Gasteiger partial charge in [-0.05, 0) is 34.9 Å². The zero-order valence-corrected chi connectivity index (χ0v) is 14.1. The number of nitrogens with one attached hydrogen (secondary N) is 1. The van der Waals surface area contributed by atoms with Gasteiger partial charge < -0.3 is 9.47 Å². The lowest BCUT2D eigenvalue weighted by molar-refractivity contribution is -0.155. The zero-order valence-electron chi connectivity index (χ0n) is 14.1. The molecule has 1 aliphatic rings. The van der Waals surface area contributed by atoms with Gasteiger partial charge in [0.1, 0.15) is 5.75 Å². The van der Waals surface area contributed by atoms with Gasteiger partial charge in [-0.1, -0.05) is 31.2 Å². The Labute approximate surface area is 145 Å². The molecule has 2 amide bonds. The smallest absolute Gasteiger partial charge is 0.314 e. The van der Waals surface area contributed by atoms with E-state index in [4.69, 9.17) is 9.47 Å². The lowest BCUT2D eigenvalue weighted by Gasteiger charge is -2.18. The van der Waals surface area contributed by atoms with E-state index in [1.54, 1.807) is 7.11 Å². The molecule has 0 radical (unpaired) electrons. The molecule has 0 spiro atoms. The summed E-state index contributed by atoms with van der Waals surface area (Å²) in [6, 6.07) is 11.4. The average Bonchev–Trinajstić information content (AvgIpc) is 2.92. The van der Waals surface area contributed by atoms with Gasteiger partial charge in [0, 0.05) is 0 Å². The minimum atomic E-state index is -1.04. The van der Waals surface area contributed by atoms with Crippen LogP contribution in [0.3, 0.4) is 0 Å². The van der Waals surface area contributed by atoms with Gasteiger partial charge in [0.05, 0.1) is 19.4 Å². The molecule has 2 atom stereocenters. The highest BCUT2D eigenvalue weighted by atomic mass is 16.5. The van der Waals surface area contributed by atoms with Crippen LogP contribution in [-0.2, 0) is 19.1 Å². The van der Waals surface area contributed by atoms with Gasteiger partial charge in [-0.2, -0.15) is 0 Å². The van der Waals surface area contributed by atoms with E-state index in [1.807, 2.05) is 43.3 Å². The number of esters is 1. The molecule has 0 saturated carbocycles. The summed E-state index contributed by atoms with van der Waals surface area (Å²) in [4.78, 5) is 35.5. The number of benzene rings is 2. The van der Waals surface area contributed by atoms with Crippen LogP contribution in [0.1, 0.15) is 31.2 Å². The number of fused-ring (bicyclic) bond motifs is 1. The van der Waals surface area contributed by atoms with Gasteiger partial charge in [-0.3, -0.25) is 19.7 Å². The van der Waals surface area contributed by atoms with Gasteiger partial charge in [0.15, 0.2) is 6.10 Å². The van der Waals surface area contributed by atoms with E-state index in [1.165, 1.54) is 0 Å². The Balaban J connectivity index is 1.90. The van der Waals surface area contributed by atoms with Crippen LogP contribution >= 0.6 is 0 Å². The summed E-state index contributed by atoms with van der Waals surface area (Å²) in [5.41, 5.74) is 0.831. The molecule has 1 N–H and O–H groups in total. The molecule has 1 fully saturated rings. The first-order chi connectivity index (χ1) is 12.0. The van der Waals surface area contributed by atoms with E-state index in [0.29, 0.717) is 6.42 Å². The predicted molar refractivity (Wildman–Crippen MR) is 91.2 cm³/mol. The molecule has 25 heavy (non-hydrogen) atoms. The highest BCUT2D eigenvalue weighted by molar-refractivity contribution is 6.05. The highest BCUT2D eigenvalue weighted by Crippen LogP contribution is 2.31. The van der Waals surface area contributed by atoms with Crippen molar-refractivity contribution in [2.75, 3.05) is 7.11 Å². The van der Waals surface area contributed by atoms with Crippen LogP contribution in [0.4, 0.5) is 0 Å². The quantitative estimate of drug-likeness (QED) is 0.667. The highest BCUT2D eigenvalue weighted by Gasteiger charge is 2.35. The van der Waals surface area contributed by atoms with Crippen LogP contribution in [0.15, 0.2) is 36.4 Å². The summed E-state index contributed by atoms with van der Waals surface area (Å²) >= 11 is 0. The molecule has 1 heterocycles. The van der Waals surface area contributed by atoms with Crippen molar-refractivity contribution in [2.45, 2.75) is 31.8 Å². The second kappa shape index (κ2) is 6.93. The molecule has 2 aromatic rings. The summed E-state index contributed by atoms with van der Waals surface area (Å²) in [5, 5.41) is 4.03. The van der Waals surface area contributed by atoms with Crippen LogP contribution in [0.2, 0.25) is 0 Å². The lowest BCUT2D eigenvalue weighted by atomic mass is 9.91. The molecular formula is C19H19NO5. The molecule has 6 heteroatoms. The standard InChI is InChI=1S/C19H19NO5/c1-3-13(19(23)25-16-10-17(21)20-18(16)22)15-6-4-5-11-9-12(24-2)7-8-14(11)15/h4-9,13,16H,3,10H2,1-2H3,(H,20,21,22). The largest absolute Gasteiger partial charge is 0.497 e. The Bertz CT molecular complexity index is 845. The number of rotatable bonds is 5. The Kier molecular flexibility index (Phi) is 4.70. The number of carbonyl (C=O) groups excluding carboxylic acids is 3. The number of hydrogen-bond acceptors (Lipinski definition) is 5. The molecule has 3 rings (SSSR count). The summed E-state index contributed by atoms with van der Waals surface area (Å²) in [7, 11) is 1.60. The van der Waals surface area contributed by atoms with Crippen LogP contribution in [-0.4, -0.2) is 31.0 Å². The summed E-state index contributed by atoms with van der Waals surface area (Å²) in [6.45, 7) is 1.88. The van der Waals surface area contributed by atoms with E-state index in [2.05, 4.69) is 5.32 Å². The van der Waals surface area contributed by atoms with Gasteiger partial charge in [-0.25, -0.2) is 0 Å². The van der Waals surface area contributed by atoms with Crippen molar-refractivity contribution in [3.8, 4) is 5.75 Å². The fourth-order valence-corrected chi connectivity index (χ4v) is 3.08. The Morgan fingerprint density at radius 2 is 2.08 bits per heavy atom. The second-order valence-corrected chi connectivity index (χ2v) is 5.94. The van der Waals surface area contributed by atoms with Crippen molar-refractivity contribution in [2.24, 2.45) is 0 Å². The first-order valence-corrected chi connectivity index (χ1v) is 8.14. The predicted octanol–water partition coefficient (Wildman–Crippen LogP) is 2.30. The summed E-state index contributed by atoms with van der Waals surface area (Å²) < 4.78 is 10.5. The normalized spacial score (nSPS) is 18.1. The minimum absolute atomic E-state index is 0.117. The van der Waals surface area contributed by atoms with Crippen molar-refractivity contribution in [1.29, 1.82) is 0 Å². The van der Waals surface area contributed by atoms with Crippen LogP contribution in [0.5, 0.6) is 5.75 Å². The molecule has 2 unspecified atom stereocenters. The van der Waals surface area contributed by atoms with Crippen LogP contribution < -0.4 is 10.1 Å². The molecule has 130 valence electrons. The maximum atomic E-state index is 12.6. The van der Waals surface area contributed by atoms with Crippen LogP contribution in [0, 0.1) is 0 Å². The van der Waals surface area contributed by atoms with E-state index in [9.17, 15) is 14.4 Å². The van der Waals surface area contributed by atoms with Crippen molar-refractivity contribution < 1.29 is 23.9 Å². The number of imide groups is 1. The topological polar surface area (TPSA) is 81.7 Å². The number of carbonyl (C=O) groups is 3. The van der Waals surface area contributed by atoms with Crippen LogP contribution in [0.25, 0.3) is 10.8 Å². The number of amides is 2. The molecule has 1 aliphatic heterocycles. The van der Waals surface area contributed by atoms with Crippen molar-refractivity contribution in [1.82, 2.24) is 5.32 Å². The molecule has 6 nitrogen and oxygen atoms in total. The molecule has 0 bridgehead atoms. The van der Waals surface area contributed by atoms with Gasteiger partial charge >= 0.3 is 5.97 Å². The van der Waals surface area contributed by atoms with E-state index < -0.39 is 29.8 Å². The fourth-order valence-electron chi connectivity index (χ4n) is 3.08. The maximum Gasteiger partial charge on any atom is 0.314 e. The van der Waals surface area contributed by atoms with Crippen molar-refractivity contribution in [3.05, 3.63) is 42.0 Å². The molecule has 2 aromatic carbocycles. The maximum absolute atomic E-state index is 12.6. The third kappa shape index (κ3) is 3.33. The molecule has 1 saturated heterocycles. The Morgan fingerprint density at radius 1 is 1.28 bits per heavy atom. The minimum Gasteiger partial charge on any atom is -0.497 e. The van der Waals surface area contributed by atoms with Gasteiger partial charge in [0.25, 0.3) is 5.91 Å². The monoisotopic (exact) mass is 341 g/mol. The molecule has 0 aliphatic carbocycles. The van der Waals surface area contributed by atoms with E-state index in [-0.39, 0.29) is 6.42 Å². The SMILES string of the molecule is CCC(C(=O)OC1CC(=O)NC1=O)c1cccc2cc(OC)ccc12. The zero-order chi connectivity index (χ0) is 18.0. The van der Waals surface area contributed by atoms with Gasteiger partial charge in [-0.15, -0.1) is 0 Å². The number of methoxy groups -OCH3 is 1. The molecular weight excluding hydrogens is 322 g/mol. The summed E-state index contributed by atoms with van der Waals surface area (Å²) in [6.07, 6.45) is -0.635.